The third-order valence-electron chi connectivity index (χ3n) is 3.51. The van der Waals surface area contributed by atoms with E-state index in [0.29, 0.717) is 12.6 Å². The van der Waals surface area contributed by atoms with Crippen LogP contribution < -0.4 is 5.32 Å². The lowest BCUT2D eigenvalue weighted by atomic mass is 9.92. The molecule has 4 nitrogen and oxygen atoms in total. The maximum Gasteiger partial charge on any atom is 0.133 e. The molecule has 18 heavy (non-hydrogen) atoms. The molecule has 0 saturated heterocycles. The Kier molecular flexibility index (Phi) is 4.66. The minimum Gasteiger partial charge on any atom is -0.384 e. The Labute approximate surface area is 109 Å². The molecule has 0 aromatic carbocycles. The number of aryl methyl sites for hydroxylation is 1. The molecule has 0 fully saturated rings. The van der Waals surface area contributed by atoms with Gasteiger partial charge in [0.05, 0.1) is 6.61 Å². The van der Waals surface area contributed by atoms with E-state index < -0.39 is 0 Å². The van der Waals surface area contributed by atoms with Crippen LogP contribution in [0.1, 0.15) is 55.7 Å². The van der Waals surface area contributed by atoms with Crippen LogP contribution in [-0.4, -0.2) is 30.2 Å². The molecule has 1 aliphatic carbocycles. The Morgan fingerprint density at radius 1 is 1.56 bits per heavy atom. The van der Waals surface area contributed by atoms with Gasteiger partial charge in [0.1, 0.15) is 5.82 Å². The lowest BCUT2D eigenvalue weighted by molar-refractivity contribution is 0.181. The molecular weight excluding hydrogens is 226 g/mol. The van der Waals surface area contributed by atoms with Crippen LogP contribution in [0.2, 0.25) is 0 Å². The van der Waals surface area contributed by atoms with Gasteiger partial charge in [0.15, 0.2) is 0 Å². The zero-order valence-electron chi connectivity index (χ0n) is 11.6. The molecular formula is C14H23N3O. The van der Waals surface area contributed by atoms with E-state index in [1.165, 1.54) is 24.1 Å². The standard InChI is InChI=1S/C14H23N3O/c1-4-15-12-6-5-7-13-11(12)8-16-14(17-13)10(2)9-18-3/h8,10,12,15H,4-7,9H2,1-3H3. The molecule has 1 aliphatic rings. The molecule has 0 bridgehead atoms. The molecule has 2 unspecified atom stereocenters. The number of nitrogens with one attached hydrogen (secondary N) is 1. The van der Waals surface area contributed by atoms with E-state index in [-0.39, 0.29) is 5.92 Å². The third-order valence-corrected chi connectivity index (χ3v) is 3.51. The van der Waals surface area contributed by atoms with Crippen molar-refractivity contribution in [3.63, 3.8) is 0 Å². The van der Waals surface area contributed by atoms with Gasteiger partial charge in [0.25, 0.3) is 0 Å². The van der Waals surface area contributed by atoms with Crippen LogP contribution in [0.5, 0.6) is 0 Å². The summed E-state index contributed by atoms with van der Waals surface area (Å²) in [6, 6.07) is 0.436. The van der Waals surface area contributed by atoms with Crippen LogP contribution in [0.3, 0.4) is 0 Å². The fourth-order valence-corrected chi connectivity index (χ4v) is 2.58. The predicted octanol–water partition coefficient (Wildman–Crippen LogP) is 2.21. The Balaban J connectivity index is 2.21. The minimum absolute atomic E-state index is 0.264. The Morgan fingerprint density at radius 2 is 2.39 bits per heavy atom. The lowest BCUT2D eigenvalue weighted by Crippen LogP contribution is -2.26. The second-order valence-electron chi connectivity index (χ2n) is 4.99. The molecule has 0 aliphatic heterocycles. The van der Waals surface area contributed by atoms with E-state index in [9.17, 15) is 0 Å². The number of methoxy groups -OCH3 is 1. The van der Waals surface area contributed by atoms with Crippen molar-refractivity contribution in [3.8, 4) is 0 Å². The SMILES string of the molecule is CCNC1CCCc2nc(C(C)COC)ncc21. The average molecular weight is 249 g/mol. The van der Waals surface area contributed by atoms with Crippen LogP contribution in [0.25, 0.3) is 0 Å². The average Bonchev–Trinajstić information content (AvgIpc) is 2.39. The van der Waals surface area contributed by atoms with Gasteiger partial charge in [-0.25, -0.2) is 9.97 Å². The minimum atomic E-state index is 0.264. The summed E-state index contributed by atoms with van der Waals surface area (Å²) in [4.78, 5) is 9.25. The van der Waals surface area contributed by atoms with Crippen LogP contribution in [-0.2, 0) is 11.2 Å². The Hall–Kier alpha value is -1.00. The molecule has 0 radical (unpaired) electrons. The number of nitrogens with zero attached hydrogens (tertiary/aromatic N) is 2. The molecule has 1 N–H and O–H groups in total. The number of hydrogen-bond donors (Lipinski definition) is 1. The zero-order chi connectivity index (χ0) is 13.0. The van der Waals surface area contributed by atoms with E-state index in [2.05, 4.69) is 24.1 Å². The highest BCUT2D eigenvalue weighted by molar-refractivity contribution is 5.25. The maximum atomic E-state index is 5.17. The van der Waals surface area contributed by atoms with Crippen molar-refractivity contribution in [2.45, 2.75) is 45.1 Å². The van der Waals surface area contributed by atoms with Crippen LogP contribution in [0.15, 0.2) is 6.20 Å². The summed E-state index contributed by atoms with van der Waals surface area (Å²) in [6.45, 7) is 5.92. The molecule has 0 spiro atoms. The summed E-state index contributed by atoms with van der Waals surface area (Å²) < 4.78 is 5.17. The van der Waals surface area contributed by atoms with Crippen molar-refractivity contribution in [2.24, 2.45) is 0 Å². The molecule has 0 saturated carbocycles. The summed E-state index contributed by atoms with van der Waals surface area (Å²) in [5.74, 6) is 1.17. The smallest absolute Gasteiger partial charge is 0.133 e. The maximum absolute atomic E-state index is 5.17. The normalized spacial score (nSPS) is 20.5. The second kappa shape index (κ2) is 6.25. The van der Waals surface area contributed by atoms with Crippen LogP contribution >= 0.6 is 0 Å². The number of rotatable bonds is 5. The van der Waals surface area contributed by atoms with Gasteiger partial charge in [0, 0.05) is 36.5 Å². The highest BCUT2D eigenvalue weighted by Gasteiger charge is 2.22. The van der Waals surface area contributed by atoms with E-state index in [4.69, 9.17) is 9.72 Å². The van der Waals surface area contributed by atoms with Crippen molar-refractivity contribution in [1.29, 1.82) is 0 Å². The molecule has 100 valence electrons. The quantitative estimate of drug-likeness (QED) is 0.869. The van der Waals surface area contributed by atoms with Crippen molar-refractivity contribution >= 4 is 0 Å². The molecule has 0 amide bonds. The van der Waals surface area contributed by atoms with Gasteiger partial charge in [-0.05, 0) is 25.8 Å². The first-order valence-electron chi connectivity index (χ1n) is 6.84. The number of aromatic nitrogens is 2. The first-order chi connectivity index (χ1) is 8.76. The lowest BCUT2D eigenvalue weighted by Gasteiger charge is -2.25. The van der Waals surface area contributed by atoms with Gasteiger partial charge >= 0.3 is 0 Å². The Bertz CT molecular complexity index is 395. The number of fused-ring (bicyclic) bond motifs is 1. The third kappa shape index (κ3) is 2.87. The summed E-state index contributed by atoms with van der Waals surface area (Å²) >= 11 is 0. The van der Waals surface area contributed by atoms with E-state index in [1.54, 1.807) is 7.11 Å². The summed E-state index contributed by atoms with van der Waals surface area (Å²) in [5, 5.41) is 3.51. The van der Waals surface area contributed by atoms with Crippen molar-refractivity contribution < 1.29 is 4.74 Å². The number of hydrogen-bond acceptors (Lipinski definition) is 4. The Morgan fingerprint density at radius 3 is 3.11 bits per heavy atom. The van der Waals surface area contributed by atoms with Gasteiger partial charge in [-0.1, -0.05) is 13.8 Å². The monoisotopic (exact) mass is 249 g/mol. The van der Waals surface area contributed by atoms with Crippen LogP contribution in [0, 0.1) is 0 Å². The molecule has 2 atom stereocenters. The summed E-state index contributed by atoms with van der Waals surface area (Å²) in [5.41, 5.74) is 2.51. The topological polar surface area (TPSA) is 47.0 Å². The fraction of sp³-hybridized carbons (Fsp3) is 0.714. The first kappa shape index (κ1) is 13.4. The van der Waals surface area contributed by atoms with Gasteiger partial charge in [-0.2, -0.15) is 0 Å². The van der Waals surface area contributed by atoms with E-state index in [1.807, 2.05) is 6.20 Å². The first-order valence-corrected chi connectivity index (χ1v) is 6.84. The zero-order valence-corrected chi connectivity index (χ0v) is 11.6. The van der Waals surface area contributed by atoms with Crippen molar-refractivity contribution in [3.05, 3.63) is 23.3 Å². The predicted molar refractivity (Wildman–Crippen MR) is 71.7 cm³/mol. The molecule has 2 rings (SSSR count). The van der Waals surface area contributed by atoms with Crippen LogP contribution in [0.4, 0.5) is 0 Å². The van der Waals surface area contributed by atoms with E-state index in [0.717, 1.165) is 18.8 Å². The number of ether oxygens (including phenoxy) is 1. The highest BCUT2D eigenvalue weighted by atomic mass is 16.5. The summed E-state index contributed by atoms with van der Waals surface area (Å²) in [7, 11) is 1.72. The van der Waals surface area contributed by atoms with Crippen molar-refractivity contribution in [1.82, 2.24) is 15.3 Å². The van der Waals surface area contributed by atoms with E-state index >= 15 is 0 Å². The molecule has 1 aromatic heterocycles. The second-order valence-corrected chi connectivity index (χ2v) is 4.99. The summed E-state index contributed by atoms with van der Waals surface area (Å²) in [6.07, 6.45) is 5.49. The molecule has 1 aromatic rings. The van der Waals surface area contributed by atoms with Crippen molar-refractivity contribution in [2.75, 3.05) is 20.3 Å². The largest absolute Gasteiger partial charge is 0.384 e. The molecule has 4 heteroatoms. The highest BCUT2D eigenvalue weighted by Crippen LogP contribution is 2.28. The van der Waals surface area contributed by atoms with Gasteiger partial charge in [-0.3, -0.25) is 0 Å². The van der Waals surface area contributed by atoms with Gasteiger partial charge in [0.2, 0.25) is 0 Å². The van der Waals surface area contributed by atoms with Gasteiger partial charge < -0.3 is 10.1 Å². The molecule has 1 heterocycles. The van der Waals surface area contributed by atoms with Gasteiger partial charge in [-0.15, -0.1) is 0 Å². The fourth-order valence-electron chi connectivity index (χ4n) is 2.58.